The maximum Gasteiger partial charge on any atom is 0.252 e. The zero-order valence-electron chi connectivity index (χ0n) is 25.6. The quantitative estimate of drug-likeness (QED) is 0.319. The highest BCUT2D eigenvalue weighted by Gasteiger charge is 2.36. The van der Waals surface area contributed by atoms with Gasteiger partial charge in [0.15, 0.2) is 0 Å². The van der Waals surface area contributed by atoms with Crippen LogP contribution < -0.4 is 10.2 Å². The summed E-state index contributed by atoms with van der Waals surface area (Å²) >= 11 is 0. The van der Waals surface area contributed by atoms with Crippen LogP contribution in [0.15, 0.2) is 53.4 Å². The van der Waals surface area contributed by atoms with Gasteiger partial charge in [0.25, 0.3) is 5.91 Å². The van der Waals surface area contributed by atoms with Crippen molar-refractivity contribution in [1.82, 2.24) is 19.6 Å². The first-order valence-electron chi connectivity index (χ1n) is 14.5. The van der Waals surface area contributed by atoms with E-state index in [1.807, 2.05) is 58.0 Å². The Labute approximate surface area is 250 Å². The van der Waals surface area contributed by atoms with Crippen molar-refractivity contribution in [3.8, 4) is 5.75 Å². The molecule has 0 bridgehead atoms. The number of amides is 2. The number of carbonyl (C=O) groups excluding carboxylic acids is 2. The Morgan fingerprint density at radius 2 is 1.69 bits per heavy atom. The van der Waals surface area contributed by atoms with Gasteiger partial charge in [0.05, 0.1) is 30.2 Å². The topological polar surface area (TPSA) is 119 Å². The van der Waals surface area contributed by atoms with Crippen LogP contribution in [0, 0.1) is 11.8 Å². The molecule has 2 aromatic rings. The minimum Gasteiger partial charge on any atom is -0.493 e. The number of likely N-dealkylation sites (N-methyl/N-ethyl adjacent to an activating group) is 1. The number of hydrogen-bond donors (Lipinski definition) is 2. The average molecular weight is 603 g/mol. The van der Waals surface area contributed by atoms with Gasteiger partial charge >= 0.3 is 0 Å². The Hall–Kier alpha value is -2.99. The lowest BCUT2D eigenvalue weighted by Crippen LogP contribution is -2.60. The number of rotatable bonds is 14. The summed E-state index contributed by atoms with van der Waals surface area (Å²) in [5.74, 6) is -0.110. The molecule has 10 nitrogen and oxygen atoms in total. The molecule has 0 aromatic heterocycles. The van der Waals surface area contributed by atoms with E-state index in [1.165, 1.54) is 15.4 Å². The van der Waals surface area contributed by atoms with Gasteiger partial charge in [-0.2, -0.15) is 4.31 Å². The van der Waals surface area contributed by atoms with Gasteiger partial charge in [0.1, 0.15) is 5.75 Å². The number of hydrogen-bond acceptors (Lipinski definition) is 7. The molecule has 1 heterocycles. The summed E-state index contributed by atoms with van der Waals surface area (Å²) in [5.41, 5.74) is 4.40. The van der Waals surface area contributed by atoms with E-state index in [0.29, 0.717) is 18.8 Å². The molecule has 0 saturated carbocycles. The number of aliphatic hydroxyl groups excluding tert-OH is 1. The minimum atomic E-state index is -4.00. The third-order valence-corrected chi connectivity index (χ3v) is 8.71. The molecule has 11 heteroatoms. The molecule has 232 valence electrons. The predicted molar refractivity (Wildman–Crippen MR) is 162 cm³/mol. The summed E-state index contributed by atoms with van der Waals surface area (Å²) in [6.45, 7) is 8.07. The van der Waals surface area contributed by atoms with E-state index in [0.717, 1.165) is 11.1 Å². The number of carbonyl (C=O) groups is 2. The summed E-state index contributed by atoms with van der Waals surface area (Å²) in [6.07, 6.45) is -0.331. The SMILES string of the molecule is CC(C)CC(=O)N(NC(=O)CN(C)C)[C@@H](Cc1ccccc1)[C@H](O)CN(CC(C)C)S(=O)(=O)c1ccc2c(c1)CCO2. The highest BCUT2D eigenvalue weighted by atomic mass is 32.2. The first-order chi connectivity index (χ1) is 19.8. The number of sulfonamides is 1. The molecule has 0 saturated heterocycles. The summed E-state index contributed by atoms with van der Waals surface area (Å²) in [5, 5.41) is 13.0. The highest BCUT2D eigenvalue weighted by molar-refractivity contribution is 7.89. The van der Waals surface area contributed by atoms with Gasteiger partial charge in [-0.15, -0.1) is 0 Å². The van der Waals surface area contributed by atoms with Crippen LogP contribution in [0.5, 0.6) is 5.75 Å². The zero-order valence-corrected chi connectivity index (χ0v) is 26.4. The smallest absolute Gasteiger partial charge is 0.252 e. The van der Waals surface area contributed by atoms with Crippen LogP contribution in [0.2, 0.25) is 0 Å². The van der Waals surface area contributed by atoms with E-state index < -0.39 is 28.1 Å². The number of fused-ring (bicyclic) bond motifs is 1. The number of hydrazine groups is 1. The first-order valence-corrected chi connectivity index (χ1v) is 16.0. The van der Waals surface area contributed by atoms with Gasteiger partial charge in [-0.3, -0.25) is 15.0 Å². The van der Waals surface area contributed by atoms with E-state index >= 15 is 0 Å². The van der Waals surface area contributed by atoms with E-state index in [2.05, 4.69) is 5.43 Å². The molecular weight excluding hydrogens is 556 g/mol. The molecule has 1 aliphatic rings. The summed E-state index contributed by atoms with van der Waals surface area (Å²) in [7, 11) is -0.511. The van der Waals surface area contributed by atoms with E-state index in [9.17, 15) is 23.1 Å². The molecule has 3 rings (SSSR count). The van der Waals surface area contributed by atoms with Crippen LogP contribution in [0.25, 0.3) is 0 Å². The molecule has 0 fully saturated rings. The second-order valence-corrected chi connectivity index (χ2v) is 14.0. The molecule has 42 heavy (non-hydrogen) atoms. The van der Waals surface area contributed by atoms with Crippen molar-refractivity contribution >= 4 is 21.8 Å². The fraction of sp³-hybridized carbons (Fsp3) is 0.548. The van der Waals surface area contributed by atoms with Gasteiger partial charge in [-0.05, 0) is 61.7 Å². The third-order valence-electron chi connectivity index (χ3n) is 6.88. The van der Waals surface area contributed by atoms with Crippen LogP contribution in [-0.2, 0) is 32.5 Å². The lowest BCUT2D eigenvalue weighted by molar-refractivity contribution is -0.148. The van der Waals surface area contributed by atoms with Crippen LogP contribution in [0.1, 0.15) is 45.2 Å². The molecule has 2 amide bonds. The summed E-state index contributed by atoms with van der Waals surface area (Å²) < 4.78 is 34.7. The van der Waals surface area contributed by atoms with Gasteiger partial charge in [-0.25, -0.2) is 13.4 Å². The molecule has 1 aliphatic heterocycles. The number of nitrogens with zero attached hydrogens (tertiary/aromatic N) is 3. The minimum absolute atomic E-state index is 0.00174. The standard InChI is InChI=1S/C31H46N4O6S/c1-22(2)16-31(38)35(32-30(37)21-33(5)6)27(17-24-10-8-7-9-11-24)28(36)20-34(19-23(3)4)42(39,40)26-12-13-29-25(18-26)14-15-41-29/h7-13,18,22-23,27-28,36H,14-17,19-21H2,1-6H3,(H,32,37)/t27-,28+/m0/s1. The molecular formula is C31H46N4O6S. The normalized spacial score (nSPS) is 14.6. The van der Waals surface area contributed by atoms with Gasteiger partial charge in [0.2, 0.25) is 15.9 Å². The van der Waals surface area contributed by atoms with E-state index in [-0.39, 0.29) is 55.1 Å². The maximum absolute atomic E-state index is 14.0. The van der Waals surface area contributed by atoms with E-state index in [4.69, 9.17) is 4.74 Å². The monoisotopic (exact) mass is 602 g/mol. The number of benzene rings is 2. The fourth-order valence-electron chi connectivity index (χ4n) is 4.97. The van der Waals surface area contributed by atoms with Crippen molar-refractivity contribution in [3.05, 3.63) is 59.7 Å². The van der Waals surface area contributed by atoms with Gasteiger partial charge in [0, 0.05) is 25.9 Å². The molecule has 0 spiro atoms. The van der Waals surface area contributed by atoms with Crippen molar-refractivity contribution in [2.75, 3.05) is 40.3 Å². The van der Waals surface area contributed by atoms with Crippen molar-refractivity contribution < 1.29 is 27.9 Å². The summed E-state index contributed by atoms with van der Waals surface area (Å²) in [6, 6.07) is 13.2. The Bertz CT molecular complexity index is 1300. The lowest BCUT2D eigenvalue weighted by Gasteiger charge is -2.37. The van der Waals surface area contributed by atoms with Gasteiger partial charge in [-0.1, -0.05) is 58.0 Å². The van der Waals surface area contributed by atoms with Crippen LogP contribution in [0.3, 0.4) is 0 Å². The lowest BCUT2D eigenvalue weighted by atomic mass is 9.99. The van der Waals surface area contributed by atoms with Crippen LogP contribution >= 0.6 is 0 Å². The van der Waals surface area contributed by atoms with Crippen molar-refractivity contribution in [1.29, 1.82) is 0 Å². The van der Waals surface area contributed by atoms with Crippen molar-refractivity contribution in [2.45, 2.75) is 64.0 Å². The molecule has 0 unspecified atom stereocenters. The van der Waals surface area contributed by atoms with Crippen LogP contribution in [-0.4, -0.2) is 92.0 Å². The van der Waals surface area contributed by atoms with Crippen LogP contribution in [0.4, 0.5) is 0 Å². The molecule has 2 N–H and O–H groups in total. The number of aliphatic hydroxyl groups is 1. The second-order valence-electron chi connectivity index (χ2n) is 12.0. The largest absolute Gasteiger partial charge is 0.493 e. The Balaban J connectivity index is 2.00. The highest BCUT2D eigenvalue weighted by Crippen LogP contribution is 2.29. The first kappa shape index (κ1) is 33.5. The third kappa shape index (κ3) is 9.26. The van der Waals surface area contributed by atoms with Crippen molar-refractivity contribution in [2.24, 2.45) is 11.8 Å². The maximum atomic E-state index is 14.0. The Morgan fingerprint density at radius 1 is 1.00 bits per heavy atom. The second kappa shape index (κ2) is 15.0. The molecule has 0 aliphatic carbocycles. The number of nitrogens with one attached hydrogen (secondary N) is 1. The Morgan fingerprint density at radius 3 is 2.31 bits per heavy atom. The average Bonchev–Trinajstić information content (AvgIpc) is 3.38. The predicted octanol–water partition coefficient (Wildman–Crippen LogP) is 2.71. The van der Waals surface area contributed by atoms with E-state index in [1.54, 1.807) is 31.1 Å². The molecule has 2 atom stereocenters. The number of ether oxygens (including phenoxy) is 1. The Kier molecular flexibility index (Phi) is 11.9. The summed E-state index contributed by atoms with van der Waals surface area (Å²) in [4.78, 5) is 28.3. The molecule has 2 aromatic carbocycles. The fourth-order valence-corrected chi connectivity index (χ4v) is 6.64. The van der Waals surface area contributed by atoms with Crippen molar-refractivity contribution in [3.63, 3.8) is 0 Å². The molecule has 0 radical (unpaired) electrons. The van der Waals surface area contributed by atoms with Gasteiger partial charge < -0.3 is 14.7 Å². The zero-order chi connectivity index (χ0) is 31.0.